The predicted octanol–water partition coefficient (Wildman–Crippen LogP) is 3.26. The lowest BCUT2D eigenvalue weighted by molar-refractivity contribution is 0.301. The topological polar surface area (TPSA) is 29.9 Å². The van der Waals surface area contributed by atoms with E-state index < -0.39 is 6.67 Å². The van der Waals surface area contributed by atoms with Gasteiger partial charge in [-0.1, -0.05) is 34.1 Å². The molecule has 1 aromatic heterocycles. The van der Waals surface area contributed by atoms with Crippen LogP contribution in [0, 0.1) is 0 Å². The van der Waals surface area contributed by atoms with Crippen molar-refractivity contribution in [2.45, 2.75) is 31.5 Å². The van der Waals surface area contributed by atoms with Gasteiger partial charge in [0.1, 0.15) is 12.5 Å². The van der Waals surface area contributed by atoms with Gasteiger partial charge >= 0.3 is 0 Å². The summed E-state index contributed by atoms with van der Waals surface area (Å²) in [4.78, 5) is 4.32. The van der Waals surface area contributed by atoms with Gasteiger partial charge < -0.3 is 9.88 Å². The molecule has 3 nitrogen and oxygen atoms in total. The number of nitrogens with zero attached hydrogens (tertiary/aromatic N) is 2. The predicted molar refractivity (Wildman–Crippen MR) is 80.3 cm³/mol. The first-order valence-electron chi connectivity index (χ1n) is 6.84. The molecule has 1 aliphatic heterocycles. The van der Waals surface area contributed by atoms with Crippen LogP contribution in [0.2, 0.25) is 0 Å². The SMILES string of the molecule is FCC(NC1CCc2nccn2C1)c1ccccc1Br. The van der Waals surface area contributed by atoms with Crippen molar-refractivity contribution in [3.8, 4) is 0 Å². The molecule has 2 atom stereocenters. The summed E-state index contributed by atoms with van der Waals surface area (Å²) < 4.78 is 16.5. The summed E-state index contributed by atoms with van der Waals surface area (Å²) >= 11 is 3.50. The average Bonchev–Trinajstić information content (AvgIpc) is 2.93. The summed E-state index contributed by atoms with van der Waals surface area (Å²) in [6, 6.07) is 7.83. The molecule has 1 N–H and O–H groups in total. The van der Waals surface area contributed by atoms with Crippen LogP contribution in [0.1, 0.15) is 23.9 Å². The zero-order valence-electron chi connectivity index (χ0n) is 11.1. The van der Waals surface area contributed by atoms with Gasteiger partial charge in [0.15, 0.2) is 0 Å². The first kappa shape index (κ1) is 13.8. The average molecular weight is 338 g/mol. The highest BCUT2D eigenvalue weighted by Gasteiger charge is 2.23. The van der Waals surface area contributed by atoms with Crippen molar-refractivity contribution in [1.29, 1.82) is 0 Å². The fourth-order valence-corrected chi connectivity index (χ4v) is 3.32. The Morgan fingerprint density at radius 3 is 3.10 bits per heavy atom. The molecule has 0 fully saturated rings. The minimum absolute atomic E-state index is 0.263. The van der Waals surface area contributed by atoms with Gasteiger partial charge in [-0.2, -0.15) is 0 Å². The number of aromatic nitrogens is 2. The van der Waals surface area contributed by atoms with Gasteiger partial charge in [0.25, 0.3) is 0 Å². The molecule has 0 aliphatic carbocycles. The fraction of sp³-hybridized carbons (Fsp3) is 0.400. The molecule has 0 radical (unpaired) electrons. The number of benzene rings is 1. The first-order chi connectivity index (χ1) is 9.78. The van der Waals surface area contributed by atoms with Gasteiger partial charge in [-0.05, 0) is 18.1 Å². The van der Waals surface area contributed by atoms with Crippen LogP contribution in [0.4, 0.5) is 4.39 Å². The molecule has 1 aliphatic rings. The molecule has 0 saturated heterocycles. The second-order valence-corrected chi connectivity index (χ2v) is 5.98. The third-order valence-electron chi connectivity index (χ3n) is 3.81. The Morgan fingerprint density at radius 2 is 2.30 bits per heavy atom. The summed E-state index contributed by atoms with van der Waals surface area (Å²) in [7, 11) is 0. The standard InChI is InChI=1S/C15H17BrFN3/c16-13-4-2-1-3-12(13)14(9-17)19-11-5-6-15-18-7-8-20(15)10-11/h1-4,7-8,11,14,19H,5-6,9-10H2. The lowest BCUT2D eigenvalue weighted by Crippen LogP contribution is -2.40. The number of halogens is 2. The highest BCUT2D eigenvalue weighted by molar-refractivity contribution is 9.10. The molecule has 2 aromatic rings. The van der Waals surface area contributed by atoms with E-state index in [1.807, 2.05) is 36.7 Å². The van der Waals surface area contributed by atoms with Crippen LogP contribution in [-0.2, 0) is 13.0 Å². The third kappa shape index (κ3) is 2.79. The van der Waals surface area contributed by atoms with Crippen molar-refractivity contribution >= 4 is 15.9 Å². The minimum Gasteiger partial charge on any atom is -0.333 e. The summed E-state index contributed by atoms with van der Waals surface area (Å²) in [6.45, 7) is 0.451. The Kier molecular flexibility index (Phi) is 4.17. The number of alkyl halides is 1. The Hall–Kier alpha value is -1.20. The van der Waals surface area contributed by atoms with Gasteiger partial charge in [-0.25, -0.2) is 9.37 Å². The zero-order valence-corrected chi connectivity index (χ0v) is 12.7. The quantitative estimate of drug-likeness (QED) is 0.927. The van der Waals surface area contributed by atoms with E-state index in [0.717, 1.165) is 35.2 Å². The number of hydrogen-bond acceptors (Lipinski definition) is 2. The van der Waals surface area contributed by atoms with Crippen LogP contribution in [0.15, 0.2) is 41.1 Å². The third-order valence-corrected chi connectivity index (χ3v) is 4.53. The van der Waals surface area contributed by atoms with Gasteiger partial charge in [-0.15, -0.1) is 0 Å². The Balaban J connectivity index is 1.72. The van der Waals surface area contributed by atoms with Gasteiger partial charge in [-0.3, -0.25) is 0 Å². The Bertz CT molecular complexity index is 584. The van der Waals surface area contributed by atoms with Crippen molar-refractivity contribution in [1.82, 2.24) is 14.9 Å². The number of nitrogens with one attached hydrogen (secondary N) is 1. The monoisotopic (exact) mass is 337 g/mol. The van der Waals surface area contributed by atoms with E-state index in [1.54, 1.807) is 0 Å². The van der Waals surface area contributed by atoms with Crippen molar-refractivity contribution in [2.75, 3.05) is 6.67 Å². The van der Waals surface area contributed by atoms with E-state index in [4.69, 9.17) is 0 Å². The van der Waals surface area contributed by atoms with Crippen LogP contribution in [0.5, 0.6) is 0 Å². The van der Waals surface area contributed by atoms with E-state index >= 15 is 0 Å². The van der Waals surface area contributed by atoms with Gasteiger partial charge in [0, 0.05) is 35.9 Å². The molecule has 0 saturated carbocycles. The van der Waals surface area contributed by atoms with Crippen LogP contribution < -0.4 is 5.32 Å². The molecule has 3 rings (SSSR count). The number of imidazole rings is 1. The van der Waals surface area contributed by atoms with E-state index in [-0.39, 0.29) is 12.1 Å². The van der Waals surface area contributed by atoms with Crippen LogP contribution in [-0.4, -0.2) is 22.3 Å². The van der Waals surface area contributed by atoms with Crippen molar-refractivity contribution in [2.24, 2.45) is 0 Å². The van der Waals surface area contributed by atoms with Crippen molar-refractivity contribution in [3.05, 3.63) is 52.5 Å². The zero-order chi connectivity index (χ0) is 13.9. The molecule has 5 heteroatoms. The minimum atomic E-state index is -0.407. The lowest BCUT2D eigenvalue weighted by Gasteiger charge is -2.29. The smallest absolute Gasteiger partial charge is 0.109 e. The van der Waals surface area contributed by atoms with E-state index in [9.17, 15) is 4.39 Å². The highest BCUT2D eigenvalue weighted by atomic mass is 79.9. The molecule has 0 amide bonds. The largest absolute Gasteiger partial charge is 0.333 e. The highest BCUT2D eigenvalue weighted by Crippen LogP contribution is 2.25. The molecule has 106 valence electrons. The number of fused-ring (bicyclic) bond motifs is 1. The Morgan fingerprint density at radius 1 is 1.45 bits per heavy atom. The van der Waals surface area contributed by atoms with E-state index in [0.29, 0.717) is 0 Å². The molecule has 2 unspecified atom stereocenters. The maximum atomic E-state index is 13.4. The number of aryl methyl sites for hydroxylation is 1. The fourth-order valence-electron chi connectivity index (χ4n) is 2.76. The molecular formula is C15H17BrFN3. The summed E-state index contributed by atoms with van der Waals surface area (Å²) in [5.41, 5.74) is 0.978. The number of rotatable bonds is 4. The van der Waals surface area contributed by atoms with Gasteiger partial charge in [0.2, 0.25) is 0 Å². The second-order valence-electron chi connectivity index (χ2n) is 5.13. The molecular weight excluding hydrogens is 321 g/mol. The van der Waals surface area contributed by atoms with Crippen LogP contribution >= 0.6 is 15.9 Å². The maximum absolute atomic E-state index is 13.4. The molecule has 0 spiro atoms. The summed E-state index contributed by atoms with van der Waals surface area (Å²) in [6.07, 6.45) is 5.77. The first-order valence-corrected chi connectivity index (χ1v) is 7.63. The van der Waals surface area contributed by atoms with E-state index in [1.165, 1.54) is 0 Å². The van der Waals surface area contributed by atoms with Crippen LogP contribution in [0.25, 0.3) is 0 Å². The van der Waals surface area contributed by atoms with Crippen molar-refractivity contribution < 1.29 is 4.39 Å². The molecule has 0 bridgehead atoms. The van der Waals surface area contributed by atoms with E-state index in [2.05, 4.69) is 30.8 Å². The van der Waals surface area contributed by atoms with Crippen LogP contribution in [0.3, 0.4) is 0 Å². The maximum Gasteiger partial charge on any atom is 0.109 e. The molecule has 20 heavy (non-hydrogen) atoms. The summed E-state index contributed by atoms with van der Waals surface area (Å²) in [5.74, 6) is 1.13. The number of hydrogen-bond donors (Lipinski definition) is 1. The normalized spacial score (nSPS) is 19.6. The summed E-state index contributed by atoms with van der Waals surface area (Å²) in [5, 5.41) is 3.44. The van der Waals surface area contributed by atoms with Crippen molar-refractivity contribution in [3.63, 3.8) is 0 Å². The molecule has 1 aromatic carbocycles. The van der Waals surface area contributed by atoms with Gasteiger partial charge in [0.05, 0.1) is 6.04 Å². The lowest BCUT2D eigenvalue weighted by atomic mass is 10.0. The Labute approximate surface area is 126 Å². The second kappa shape index (κ2) is 6.06. The molecule has 2 heterocycles.